The number of carbonyl (C=O) groups excluding carboxylic acids is 1. The van der Waals surface area contributed by atoms with Gasteiger partial charge in [0.1, 0.15) is 18.1 Å². The molecule has 2 N–H and O–H groups in total. The van der Waals surface area contributed by atoms with Gasteiger partial charge in [0.2, 0.25) is 5.95 Å². The van der Waals surface area contributed by atoms with Crippen molar-refractivity contribution in [3.8, 4) is 5.75 Å². The molecular weight excluding hydrogens is 354 g/mol. The highest BCUT2D eigenvalue weighted by atomic mass is 16.5. The number of carbonyl (C=O) groups is 1. The van der Waals surface area contributed by atoms with Crippen molar-refractivity contribution in [1.29, 1.82) is 0 Å². The van der Waals surface area contributed by atoms with Gasteiger partial charge in [-0.3, -0.25) is 4.79 Å². The molecule has 1 amide bonds. The van der Waals surface area contributed by atoms with E-state index >= 15 is 0 Å². The van der Waals surface area contributed by atoms with Gasteiger partial charge in [0.25, 0.3) is 5.91 Å². The molecule has 0 bridgehead atoms. The Morgan fingerprint density at radius 2 is 1.89 bits per heavy atom. The van der Waals surface area contributed by atoms with Crippen LogP contribution in [-0.4, -0.2) is 27.8 Å². The number of fused-ring (bicyclic) bond motifs is 1. The van der Waals surface area contributed by atoms with Crippen LogP contribution in [0.1, 0.15) is 24.1 Å². The number of para-hydroxylation sites is 2. The molecule has 1 aliphatic heterocycles. The number of methoxy groups -OCH3 is 1. The lowest BCUT2D eigenvalue weighted by atomic mass is 9.94. The van der Waals surface area contributed by atoms with Crippen molar-refractivity contribution in [2.24, 2.45) is 0 Å². The number of hydrogen-bond donors (Lipinski definition) is 2. The van der Waals surface area contributed by atoms with Gasteiger partial charge in [0.15, 0.2) is 0 Å². The molecular formula is C21H21N5O2. The second-order valence-corrected chi connectivity index (χ2v) is 6.61. The highest BCUT2D eigenvalue weighted by Gasteiger charge is 2.35. The molecule has 0 radical (unpaired) electrons. The zero-order chi connectivity index (χ0) is 19.7. The van der Waals surface area contributed by atoms with E-state index in [2.05, 4.69) is 20.7 Å². The summed E-state index contributed by atoms with van der Waals surface area (Å²) in [5.41, 5.74) is 3.89. The van der Waals surface area contributed by atoms with Crippen LogP contribution in [0.25, 0.3) is 0 Å². The molecule has 1 atom stereocenters. The van der Waals surface area contributed by atoms with E-state index in [1.165, 1.54) is 6.33 Å². The van der Waals surface area contributed by atoms with Crippen molar-refractivity contribution in [3.05, 3.63) is 77.3 Å². The number of benzene rings is 2. The fraction of sp³-hybridized carbons (Fsp3) is 0.190. The van der Waals surface area contributed by atoms with Crippen LogP contribution in [0, 0.1) is 6.92 Å². The van der Waals surface area contributed by atoms with Gasteiger partial charge in [-0.15, -0.1) is 0 Å². The highest BCUT2D eigenvalue weighted by Crippen LogP contribution is 2.39. The molecule has 2 heterocycles. The standard InChI is InChI=1S/C21H21N5O2/c1-13-8-4-6-10-16(13)25-20(27)18-14(2)24-21-22-12-23-26(21)19(18)15-9-5-7-11-17(15)28-3/h4-12,19H,1-3H3,(H,25,27)(H,22,23,24). The maximum Gasteiger partial charge on any atom is 0.255 e. The van der Waals surface area contributed by atoms with Gasteiger partial charge >= 0.3 is 0 Å². The zero-order valence-corrected chi connectivity index (χ0v) is 15.9. The van der Waals surface area contributed by atoms with Crippen molar-refractivity contribution in [2.75, 3.05) is 17.7 Å². The monoisotopic (exact) mass is 375 g/mol. The first-order valence-electron chi connectivity index (χ1n) is 8.97. The van der Waals surface area contributed by atoms with E-state index in [0.717, 1.165) is 22.5 Å². The summed E-state index contributed by atoms with van der Waals surface area (Å²) >= 11 is 0. The maximum absolute atomic E-state index is 13.3. The fourth-order valence-electron chi connectivity index (χ4n) is 3.47. The number of anilines is 2. The minimum Gasteiger partial charge on any atom is -0.496 e. The Labute approximate surface area is 163 Å². The number of amides is 1. The molecule has 0 spiro atoms. The molecule has 1 unspecified atom stereocenters. The second-order valence-electron chi connectivity index (χ2n) is 6.61. The van der Waals surface area contributed by atoms with Gasteiger partial charge in [-0.05, 0) is 31.5 Å². The Balaban J connectivity index is 1.81. The number of nitrogens with one attached hydrogen (secondary N) is 2. The van der Waals surface area contributed by atoms with Crippen molar-refractivity contribution in [3.63, 3.8) is 0 Å². The largest absolute Gasteiger partial charge is 0.496 e. The fourth-order valence-corrected chi connectivity index (χ4v) is 3.47. The molecule has 4 rings (SSSR count). The first kappa shape index (κ1) is 17.8. The molecule has 28 heavy (non-hydrogen) atoms. The van der Waals surface area contributed by atoms with Crippen LogP contribution < -0.4 is 15.4 Å². The van der Waals surface area contributed by atoms with E-state index in [-0.39, 0.29) is 5.91 Å². The summed E-state index contributed by atoms with van der Waals surface area (Å²) in [5, 5.41) is 10.6. The van der Waals surface area contributed by atoms with E-state index in [9.17, 15) is 4.79 Å². The molecule has 142 valence electrons. The predicted molar refractivity (Wildman–Crippen MR) is 107 cm³/mol. The topological polar surface area (TPSA) is 81.1 Å². The van der Waals surface area contributed by atoms with Gasteiger partial charge in [0.05, 0.1) is 12.7 Å². The lowest BCUT2D eigenvalue weighted by Crippen LogP contribution is -2.31. The molecule has 0 saturated heterocycles. The summed E-state index contributed by atoms with van der Waals surface area (Å²) in [5.74, 6) is 1.07. The molecule has 0 aliphatic carbocycles. The Bertz CT molecular complexity index is 1070. The molecule has 7 heteroatoms. The van der Waals surface area contributed by atoms with E-state index in [4.69, 9.17) is 4.74 Å². The molecule has 7 nitrogen and oxygen atoms in total. The van der Waals surface area contributed by atoms with Gasteiger partial charge in [0, 0.05) is 16.9 Å². The number of hydrogen-bond acceptors (Lipinski definition) is 5. The van der Waals surface area contributed by atoms with E-state index < -0.39 is 6.04 Å². The molecule has 0 saturated carbocycles. The Morgan fingerprint density at radius 3 is 2.68 bits per heavy atom. The lowest BCUT2D eigenvalue weighted by molar-refractivity contribution is -0.113. The van der Waals surface area contributed by atoms with Crippen LogP contribution in [0.2, 0.25) is 0 Å². The smallest absolute Gasteiger partial charge is 0.255 e. The summed E-state index contributed by atoms with van der Waals surface area (Å²) in [6.45, 7) is 3.83. The van der Waals surface area contributed by atoms with Crippen LogP contribution in [0.5, 0.6) is 5.75 Å². The number of ether oxygens (including phenoxy) is 1. The van der Waals surface area contributed by atoms with E-state index in [0.29, 0.717) is 17.3 Å². The van der Waals surface area contributed by atoms with Gasteiger partial charge in [-0.25, -0.2) is 4.68 Å². The Morgan fingerprint density at radius 1 is 1.14 bits per heavy atom. The average Bonchev–Trinajstić information content (AvgIpc) is 3.16. The van der Waals surface area contributed by atoms with E-state index in [1.807, 2.05) is 62.4 Å². The summed E-state index contributed by atoms with van der Waals surface area (Å²) in [4.78, 5) is 17.6. The number of aryl methyl sites for hydroxylation is 1. The van der Waals surface area contributed by atoms with Crippen molar-refractivity contribution in [1.82, 2.24) is 14.8 Å². The number of rotatable bonds is 4. The molecule has 0 fully saturated rings. The molecule has 1 aliphatic rings. The first-order valence-corrected chi connectivity index (χ1v) is 8.97. The van der Waals surface area contributed by atoms with Gasteiger partial charge < -0.3 is 15.4 Å². The van der Waals surface area contributed by atoms with Gasteiger partial charge in [-0.2, -0.15) is 10.1 Å². The minimum atomic E-state index is -0.459. The average molecular weight is 375 g/mol. The van der Waals surface area contributed by atoms with E-state index in [1.54, 1.807) is 11.8 Å². The van der Waals surface area contributed by atoms with Crippen LogP contribution >= 0.6 is 0 Å². The summed E-state index contributed by atoms with van der Waals surface area (Å²) in [6, 6.07) is 14.9. The van der Waals surface area contributed by atoms with Crippen LogP contribution in [-0.2, 0) is 4.79 Å². The predicted octanol–water partition coefficient (Wildman–Crippen LogP) is 3.52. The number of aromatic nitrogens is 3. The molecule has 3 aromatic rings. The molecule has 1 aromatic heterocycles. The quantitative estimate of drug-likeness (QED) is 0.729. The Kier molecular flexibility index (Phi) is 4.57. The van der Waals surface area contributed by atoms with Crippen molar-refractivity contribution >= 4 is 17.5 Å². The third kappa shape index (κ3) is 3.00. The summed E-state index contributed by atoms with van der Waals surface area (Å²) in [7, 11) is 1.62. The molecule has 2 aromatic carbocycles. The zero-order valence-electron chi connectivity index (χ0n) is 15.9. The van der Waals surface area contributed by atoms with Crippen molar-refractivity contribution < 1.29 is 9.53 Å². The normalized spacial score (nSPS) is 15.6. The van der Waals surface area contributed by atoms with Crippen LogP contribution in [0.3, 0.4) is 0 Å². The van der Waals surface area contributed by atoms with Crippen LogP contribution in [0.4, 0.5) is 11.6 Å². The Hall–Kier alpha value is -3.61. The third-order valence-electron chi connectivity index (χ3n) is 4.87. The first-order chi connectivity index (χ1) is 13.6. The maximum atomic E-state index is 13.3. The number of nitrogens with zero attached hydrogens (tertiary/aromatic N) is 3. The lowest BCUT2D eigenvalue weighted by Gasteiger charge is -2.29. The SMILES string of the molecule is COc1ccccc1C1C(C(=O)Nc2ccccc2C)=C(C)Nc2ncnn21. The van der Waals surface area contributed by atoms with Crippen LogP contribution in [0.15, 0.2) is 66.1 Å². The van der Waals surface area contributed by atoms with Gasteiger partial charge in [-0.1, -0.05) is 36.4 Å². The summed E-state index contributed by atoms with van der Waals surface area (Å²) in [6.07, 6.45) is 1.47. The minimum absolute atomic E-state index is 0.198. The highest BCUT2D eigenvalue weighted by molar-refractivity contribution is 6.06. The summed E-state index contributed by atoms with van der Waals surface area (Å²) < 4.78 is 7.26. The second kappa shape index (κ2) is 7.19. The number of allylic oxidation sites excluding steroid dienone is 1. The van der Waals surface area contributed by atoms with Crippen molar-refractivity contribution in [2.45, 2.75) is 19.9 Å². The third-order valence-corrected chi connectivity index (χ3v) is 4.87.